The van der Waals surface area contributed by atoms with E-state index < -0.39 is 0 Å². The number of aryl methyl sites for hydroxylation is 1. The highest BCUT2D eigenvalue weighted by atomic mass is 127. The first-order valence-electron chi connectivity index (χ1n) is 8.49. The van der Waals surface area contributed by atoms with Gasteiger partial charge in [0.2, 0.25) is 0 Å². The molecule has 27 heavy (non-hydrogen) atoms. The molecule has 3 rings (SSSR count). The van der Waals surface area contributed by atoms with Gasteiger partial charge in [-0.1, -0.05) is 15.9 Å². The van der Waals surface area contributed by atoms with Crippen molar-refractivity contribution in [1.82, 2.24) is 20.0 Å². The van der Waals surface area contributed by atoms with Crippen LogP contribution in [0.2, 0.25) is 0 Å². The highest BCUT2D eigenvalue weighted by molar-refractivity contribution is 14.0. The normalized spacial score (nSPS) is 17.4. The molecule has 9 heteroatoms. The van der Waals surface area contributed by atoms with Gasteiger partial charge in [0.05, 0.1) is 26.5 Å². The zero-order chi connectivity index (χ0) is 18.5. The summed E-state index contributed by atoms with van der Waals surface area (Å²) < 4.78 is 14.2. The maximum absolute atomic E-state index is 5.91. The first-order chi connectivity index (χ1) is 12.6. The first kappa shape index (κ1) is 22.0. The zero-order valence-corrected chi connectivity index (χ0v) is 19.6. The SMILES string of the molecule is CN=C(NCc1cc(Br)ccc1OC)N1CCOC(c2cnn(C)c2)C1.I. The third-order valence-corrected chi connectivity index (χ3v) is 4.85. The second kappa shape index (κ2) is 10.3. The van der Waals surface area contributed by atoms with E-state index in [2.05, 4.69) is 42.3 Å². The largest absolute Gasteiger partial charge is 0.496 e. The Labute approximate surface area is 185 Å². The molecular weight excluding hydrogens is 525 g/mol. The summed E-state index contributed by atoms with van der Waals surface area (Å²) in [5, 5.41) is 7.67. The number of nitrogens with one attached hydrogen (secondary N) is 1. The molecule has 1 N–H and O–H groups in total. The van der Waals surface area contributed by atoms with Crippen LogP contribution >= 0.6 is 39.9 Å². The number of hydrogen-bond donors (Lipinski definition) is 1. The number of guanidine groups is 1. The van der Waals surface area contributed by atoms with E-state index in [0.29, 0.717) is 13.2 Å². The molecular formula is C18H25BrIN5O2. The number of halogens is 2. The molecule has 1 saturated heterocycles. The van der Waals surface area contributed by atoms with Gasteiger partial charge < -0.3 is 19.7 Å². The van der Waals surface area contributed by atoms with Crippen molar-refractivity contribution in [3.63, 3.8) is 0 Å². The highest BCUT2D eigenvalue weighted by Crippen LogP contribution is 2.24. The molecule has 0 aliphatic carbocycles. The van der Waals surface area contributed by atoms with Crippen molar-refractivity contribution in [2.45, 2.75) is 12.6 Å². The van der Waals surface area contributed by atoms with Crippen LogP contribution in [0.25, 0.3) is 0 Å². The molecule has 0 radical (unpaired) electrons. The summed E-state index contributed by atoms with van der Waals surface area (Å²) in [4.78, 5) is 6.65. The van der Waals surface area contributed by atoms with Gasteiger partial charge in [0, 0.05) is 49.0 Å². The Bertz CT molecular complexity index is 783. The summed E-state index contributed by atoms with van der Waals surface area (Å²) in [6.07, 6.45) is 3.85. The highest BCUT2D eigenvalue weighted by Gasteiger charge is 2.25. The maximum Gasteiger partial charge on any atom is 0.194 e. The molecule has 0 amide bonds. The minimum Gasteiger partial charge on any atom is -0.496 e. The van der Waals surface area contributed by atoms with Crippen molar-refractivity contribution in [3.8, 4) is 5.75 Å². The van der Waals surface area contributed by atoms with Crippen LogP contribution in [-0.4, -0.2) is 54.5 Å². The number of ether oxygens (including phenoxy) is 2. The van der Waals surface area contributed by atoms with E-state index in [1.54, 1.807) is 18.8 Å². The number of benzene rings is 1. The number of aromatic nitrogens is 2. The van der Waals surface area contributed by atoms with E-state index >= 15 is 0 Å². The van der Waals surface area contributed by atoms with E-state index in [4.69, 9.17) is 9.47 Å². The minimum atomic E-state index is -0.00333. The fourth-order valence-corrected chi connectivity index (χ4v) is 3.45. The quantitative estimate of drug-likeness (QED) is 0.361. The molecule has 7 nitrogen and oxygen atoms in total. The standard InChI is InChI=1S/C18H24BrN5O2.HI/c1-20-18(21-9-13-8-15(19)4-5-16(13)25-3)24-6-7-26-17(12-24)14-10-22-23(2)11-14;/h4-5,8,10-11,17H,6-7,9,12H2,1-3H3,(H,20,21);1H. The monoisotopic (exact) mass is 549 g/mol. The van der Waals surface area contributed by atoms with Crippen molar-refractivity contribution >= 4 is 45.9 Å². The molecule has 2 aromatic rings. The average Bonchev–Trinajstić information content (AvgIpc) is 3.09. The Hall–Kier alpha value is -1.33. The fraction of sp³-hybridized carbons (Fsp3) is 0.444. The van der Waals surface area contributed by atoms with Crippen LogP contribution in [0.5, 0.6) is 5.75 Å². The Morgan fingerprint density at radius 1 is 1.48 bits per heavy atom. The molecule has 148 valence electrons. The molecule has 1 fully saturated rings. The average molecular weight is 550 g/mol. The third-order valence-electron chi connectivity index (χ3n) is 4.35. The van der Waals surface area contributed by atoms with Crippen LogP contribution in [0, 0.1) is 0 Å². The topological polar surface area (TPSA) is 63.9 Å². The summed E-state index contributed by atoms with van der Waals surface area (Å²) >= 11 is 3.51. The second-order valence-corrected chi connectivity index (χ2v) is 7.03. The molecule has 0 bridgehead atoms. The molecule has 1 aliphatic heterocycles. The number of hydrogen-bond acceptors (Lipinski definition) is 4. The van der Waals surface area contributed by atoms with Crippen LogP contribution in [0.3, 0.4) is 0 Å². The van der Waals surface area contributed by atoms with Gasteiger partial charge in [0.25, 0.3) is 0 Å². The van der Waals surface area contributed by atoms with Gasteiger partial charge in [-0.3, -0.25) is 9.67 Å². The van der Waals surface area contributed by atoms with Crippen LogP contribution in [0.1, 0.15) is 17.2 Å². The van der Waals surface area contributed by atoms with Crippen molar-refractivity contribution in [1.29, 1.82) is 0 Å². The summed E-state index contributed by atoms with van der Waals surface area (Å²) in [5.41, 5.74) is 2.15. The van der Waals surface area contributed by atoms with Crippen LogP contribution < -0.4 is 10.1 Å². The predicted molar refractivity (Wildman–Crippen MR) is 120 cm³/mol. The van der Waals surface area contributed by atoms with Gasteiger partial charge in [-0.15, -0.1) is 24.0 Å². The van der Waals surface area contributed by atoms with Gasteiger partial charge >= 0.3 is 0 Å². The number of aliphatic imine (C=N–C) groups is 1. The van der Waals surface area contributed by atoms with E-state index in [9.17, 15) is 0 Å². The van der Waals surface area contributed by atoms with Crippen molar-refractivity contribution in [2.75, 3.05) is 33.9 Å². The van der Waals surface area contributed by atoms with Crippen molar-refractivity contribution in [3.05, 3.63) is 46.2 Å². The third kappa shape index (κ3) is 5.58. The Balaban J connectivity index is 0.00000261. The van der Waals surface area contributed by atoms with Gasteiger partial charge in [0.1, 0.15) is 11.9 Å². The minimum absolute atomic E-state index is 0. The zero-order valence-electron chi connectivity index (χ0n) is 15.7. The Morgan fingerprint density at radius 3 is 2.96 bits per heavy atom. The number of morpholine rings is 1. The summed E-state index contributed by atoms with van der Waals surface area (Å²) in [7, 11) is 5.40. The lowest BCUT2D eigenvalue weighted by atomic mass is 10.1. The molecule has 1 aliphatic rings. The lowest BCUT2D eigenvalue weighted by molar-refractivity contribution is -0.00805. The van der Waals surface area contributed by atoms with Gasteiger partial charge in [0.15, 0.2) is 5.96 Å². The smallest absolute Gasteiger partial charge is 0.194 e. The lowest BCUT2D eigenvalue weighted by Crippen LogP contribution is -2.47. The predicted octanol–water partition coefficient (Wildman–Crippen LogP) is 2.96. The summed E-state index contributed by atoms with van der Waals surface area (Å²) in [6, 6.07) is 5.98. The second-order valence-electron chi connectivity index (χ2n) is 6.11. The van der Waals surface area contributed by atoms with Gasteiger partial charge in [-0.25, -0.2) is 0 Å². The Kier molecular flexibility index (Phi) is 8.36. The summed E-state index contributed by atoms with van der Waals surface area (Å²) in [6.45, 7) is 2.82. The van der Waals surface area contributed by atoms with Gasteiger partial charge in [-0.05, 0) is 18.2 Å². The number of methoxy groups -OCH3 is 1. The first-order valence-corrected chi connectivity index (χ1v) is 9.28. The molecule has 1 aromatic heterocycles. The van der Waals surface area contributed by atoms with Crippen LogP contribution in [-0.2, 0) is 18.3 Å². The van der Waals surface area contributed by atoms with Crippen molar-refractivity contribution < 1.29 is 9.47 Å². The van der Waals surface area contributed by atoms with E-state index in [0.717, 1.165) is 40.4 Å². The number of rotatable bonds is 4. The van der Waals surface area contributed by atoms with E-state index in [1.165, 1.54) is 0 Å². The molecule has 0 spiro atoms. The molecule has 1 unspecified atom stereocenters. The summed E-state index contributed by atoms with van der Waals surface area (Å²) in [5.74, 6) is 1.70. The maximum atomic E-state index is 5.91. The molecule has 0 saturated carbocycles. The van der Waals surface area contributed by atoms with Crippen LogP contribution in [0.4, 0.5) is 0 Å². The molecule has 1 atom stereocenters. The number of nitrogens with zero attached hydrogens (tertiary/aromatic N) is 4. The molecule has 2 heterocycles. The van der Waals surface area contributed by atoms with E-state index in [1.807, 2.05) is 31.6 Å². The van der Waals surface area contributed by atoms with Crippen molar-refractivity contribution in [2.24, 2.45) is 12.0 Å². The van der Waals surface area contributed by atoms with Gasteiger partial charge in [-0.2, -0.15) is 5.10 Å². The molecule has 1 aromatic carbocycles. The fourth-order valence-electron chi connectivity index (χ4n) is 3.04. The van der Waals surface area contributed by atoms with Crippen LogP contribution in [0.15, 0.2) is 40.1 Å². The van der Waals surface area contributed by atoms with E-state index in [-0.39, 0.29) is 30.1 Å². The lowest BCUT2D eigenvalue weighted by Gasteiger charge is -2.34. The Morgan fingerprint density at radius 2 is 2.30 bits per heavy atom.